The van der Waals surface area contributed by atoms with E-state index in [0.29, 0.717) is 21.7 Å². The summed E-state index contributed by atoms with van der Waals surface area (Å²) in [5.74, 6) is -0.503. The van der Waals surface area contributed by atoms with Gasteiger partial charge in [0.25, 0.3) is 0 Å². The topological polar surface area (TPSA) is 63.8 Å². The Labute approximate surface area is 161 Å². The van der Waals surface area contributed by atoms with Crippen LogP contribution in [0.2, 0.25) is 0 Å². The Morgan fingerprint density at radius 2 is 1.70 bits per heavy atom. The summed E-state index contributed by atoms with van der Waals surface area (Å²) in [4.78, 5) is 8.73. The third-order valence-corrected chi connectivity index (χ3v) is 4.91. The van der Waals surface area contributed by atoms with Gasteiger partial charge in [-0.3, -0.25) is 9.71 Å². The molecule has 4 nitrogen and oxygen atoms in total. The number of hydrogen-bond acceptors (Lipinski definition) is 5. The average molecular weight is 386 g/mol. The fourth-order valence-electron chi connectivity index (χ4n) is 2.39. The molecule has 2 aromatic carbocycles. The molecular formula is C20H20F2N4S. The minimum absolute atomic E-state index is 0.156. The molecule has 3 rings (SSSR count). The van der Waals surface area contributed by atoms with Crippen LogP contribution in [-0.2, 0) is 0 Å². The van der Waals surface area contributed by atoms with Crippen LogP contribution in [0.15, 0.2) is 53.7 Å². The first-order valence-electron chi connectivity index (χ1n) is 8.34. The van der Waals surface area contributed by atoms with Crippen LogP contribution in [-0.4, -0.2) is 15.5 Å². The van der Waals surface area contributed by atoms with Gasteiger partial charge in [0.1, 0.15) is 17.5 Å². The molecule has 1 heterocycles. The Balaban J connectivity index is 1.97. The molecule has 0 fully saturated rings. The summed E-state index contributed by atoms with van der Waals surface area (Å²) in [5, 5.41) is 0. The maximum atomic E-state index is 14.7. The summed E-state index contributed by atoms with van der Waals surface area (Å²) < 4.78 is 31.7. The number of anilines is 1. The van der Waals surface area contributed by atoms with Gasteiger partial charge in [0.05, 0.1) is 18.1 Å². The Bertz CT molecular complexity index is 953. The number of aromatic nitrogens is 2. The molecule has 0 amide bonds. The molecule has 0 aliphatic rings. The number of nitrogens with one attached hydrogen (secondary N) is 1. The SMILES string of the molecule is CC(C)(C)NSc1cc(F)ccc1-c1ccc(-c2cnc(N)cn2)c(F)c1. The molecule has 1 aromatic heterocycles. The molecule has 140 valence electrons. The molecule has 3 aromatic rings. The lowest BCUT2D eigenvalue weighted by Gasteiger charge is -2.20. The summed E-state index contributed by atoms with van der Waals surface area (Å²) in [7, 11) is 0. The molecule has 0 aliphatic heterocycles. The Morgan fingerprint density at radius 3 is 2.33 bits per heavy atom. The zero-order valence-corrected chi connectivity index (χ0v) is 16.1. The second-order valence-electron chi connectivity index (χ2n) is 7.12. The summed E-state index contributed by atoms with van der Waals surface area (Å²) in [6.07, 6.45) is 2.81. The highest BCUT2D eigenvalue weighted by atomic mass is 32.2. The predicted molar refractivity (Wildman–Crippen MR) is 106 cm³/mol. The van der Waals surface area contributed by atoms with Crippen molar-refractivity contribution in [1.82, 2.24) is 14.7 Å². The second-order valence-corrected chi connectivity index (χ2v) is 7.96. The predicted octanol–water partition coefficient (Wildman–Crippen LogP) is 5.07. The molecule has 7 heteroatoms. The van der Waals surface area contributed by atoms with Crippen molar-refractivity contribution in [2.24, 2.45) is 0 Å². The quantitative estimate of drug-likeness (QED) is 0.613. The Kier molecular flexibility index (Phi) is 5.43. The minimum atomic E-state index is -0.435. The van der Waals surface area contributed by atoms with Gasteiger partial charge in [-0.05, 0) is 68.1 Å². The zero-order valence-electron chi connectivity index (χ0n) is 15.3. The third-order valence-electron chi connectivity index (χ3n) is 3.64. The molecule has 3 N–H and O–H groups in total. The minimum Gasteiger partial charge on any atom is -0.382 e. The Morgan fingerprint density at radius 1 is 0.963 bits per heavy atom. The normalized spacial score (nSPS) is 11.6. The number of nitrogens with two attached hydrogens (primary N) is 1. The third kappa shape index (κ3) is 4.81. The summed E-state index contributed by atoms with van der Waals surface area (Å²) in [6.45, 7) is 6.04. The highest BCUT2D eigenvalue weighted by Crippen LogP contribution is 2.34. The fraction of sp³-hybridized carbons (Fsp3) is 0.200. The first kappa shape index (κ1) is 19.3. The summed E-state index contributed by atoms with van der Waals surface area (Å²) in [6, 6.07) is 9.30. The van der Waals surface area contributed by atoms with Gasteiger partial charge in [-0.2, -0.15) is 0 Å². The smallest absolute Gasteiger partial charge is 0.141 e. The number of halogens is 2. The van der Waals surface area contributed by atoms with E-state index < -0.39 is 5.82 Å². The fourth-order valence-corrected chi connectivity index (χ4v) is 3.28. The number of benzene rings is 2. The lowest BCUT2D eigenvalue weighted by atomic mass is 10.0. The van der Waals surface area contributed by atoms with Gasteiger partial charge in [0, 0.05) is 16.0 Å². The van der Waals surface area contributed by atoms with E-state index in [-0.39, 0.29) is 17.2 Å². The molecule has 0 saturated heterocycles. The largest absolute Gasteiger partial charge is 0.382 e. The molecule has 0 saturated carbocycles. The summed E-state index contributed by atoms with van der Waals surface area (Å²) >= 11 is 1.32. The van der Waals surface area contributed by atoms with Crippen LogP contribution in [0.1, 0.15) is 20.8 Å². The van der Waals surface area contributed by atoms with Crippen molar-refractivity contribution in [2.45, 2.75) is 31.2 Å². The van der Waals surface area contributed by atoms with Crippen molar-refractivity contribution in [3.8, 4) is 22.4 Å². The molecule has 27 heavy (non-hydrogen) atoms. The van der Waals surface area contributed by atoms with E-state index in [0.717, 1.165) is 5.56 Å². The van der Waals surface area contributed by atoms with E-state index in [4.69, 9.17) is 5.73 Å². The van der Waals surface area contributed by atoms with Gasteiger partial charge in [0.2, 0.25) is 0 Å². The molecule has 0 aliphatic carbocycles. The van der Waals surface area contributed by atoms with Crippen LogP contribution in [0.4, 0.5) is 14.6 Å². The average Bonchev–Trinajstić information content (AvgIpc) is 2.60. The first-order valence-corrected chi connectivity index (χ1v) is 9.16. The van der Waals surface area contributed by atoms with Gasteiger partial charge >= 0.3 is 0 Å². The number of hydrogen-bond donors (Lipinski definition) is 2. The molecule has 0 atom stereocenters. The highest BCUT2D eigenvalue weighted by molar-refractivity contribution is 7.97. The first-order chi connectivity index (χ1) is 12.7. The zero-order chi connectivity index (χ0) is 19.6. The van der Waals surface area contributed by atoms with Crippen molar-refractivity contribution in [3.05, 3.63) is 60.4 Å². The van der Waals surface area contributed by atoms with Gasteiger partial charge in [-0.15, -0.1) is 0 Å². The van der Waals surface area contributed by atoms with Crippen LogP contribution >= 0.6 is 11.9 Å². The molecule has 0 bridgehead atoms. The van der Waals surface area contributed by atoms with Crippen molar-refractivity contribution in [2.75, 3.05) is 5.73 Å². The summed E-state index contributed by atoms with van der Waals surface area (Å²) in [5.41, 5.74) is 7.49. The van der Waals surface area contributed by atoms with E-state index in [9.17, 15) is 8.78 Å². The van der Waals surface area contributed by atoms with Crippen LogP contribution in [0.5, 0.6) is 0 Å². The van der Waals surface area contributed by atoms with Crippen molar-refractivity contribution in [3.63, 3.8) is 0 Å². The van der Waals surface area contributed by atoms with Gasteiger partial charge in [0.15, 0.2) is 0 Å². The molecular weight excluding hydrogens is 366 g/mol. The van der Waals surface area contributed by atoms with Crippen molar-refractivity contribution in [1.29, 1.82) is 0 Å². The maximum absolute atomic E-state index is 14.7. The second kappa shape index (κ2) is 7.62. The lowest BCUT2D eigenvalue weighted by molar-refractivity contribution is 0.535. The van der Waals surface area contributed by atoms with Crippen LogP contribution < -0.4 is 10.5 Å². The van der Waals surface area contributed by atoms with Crippen molar-refractivity contribution < 1.29 is 8.78 Å². The van der Waals surface area contributed by atoms with Crippen LogP contribution in [0.3, 0.4) is 0 Å². The Hall–Kier alpha value is -2.51. The molecule has 0 radical (unpaired) electrons. The monoisotopic (exact) mass is 386 g/mol. The van der Waals surface area contributed by atoms with Crippen LogP contribution in [0.25, 0.3) is 22.4 Å². The maximum Gasteiger partial charge on any atom is 0.141 e. The van der Waals surface area contributed by atoms with E-state index in [1.807, 2.05) is 20.8 Å². The van der Waals surface area contributed by atoms with Gasteiger partial charge in [-0.25, -0.2) is 13.8 Å². The standard InChI is InChI=1S/C20H20F2N4S/c1-20(2,3)26-27-18-9-13(21)5-7-14(18)12-4-6-15(16(22)8-12)17-10-25-19(23)11-24-17/h4-11,26H,1-3H3,(H2,23,25). The van der Waals surface area contributed by atoms with E-state index in [2.05, 4.69) is 14.7 Å². The van der Waals surface area contributed by atoms with Crippen LogP contribution in [0, 0.1) is 11.6 Å². The lowest BCUT2D eigenvalue weighted by Crippen LogP contribution is -2.29. The number of nitrogen functional groups attached to an aromatic ring is 1. The highest BCUT2D eigenvalue weighted by Gasteiger charge is 2.15. The van der Waals surface area contributed by atoms with Gasteiger partial charge < -0.3 is 5.73 Å². The van der Waals surface area contributed by atoms with Crippen molar-refractivity contribution >= 4 is 17.8 Å². The van der Waals surface area contributed by atoms with E-state index in [1.54, 1.807) is 18.2 Å². The number of nitrogens with zero attached hydrogens (tertiary/aromatic N) is 2. The molecule has 0 unspecified atom stereocenters. The van der Waals surface area contributed by atoms with E-state index >= 15 is 0 Å². The van der Waals surface area contributed by atoms with Gasteiger partial charge in [-0.1, -0.05) is 12.1 Å². The molecule has 0 spiro atoms. The van der Waals surface area contributed by atoms with E-state index in [1.165, 1.54) is 42.5 Å². The number of rotatable bonds is 4.